The molecule has 0 radical (unpaired) electrons. The lowest BCUT2D eigenvalue weighted by Crippen LogP contribution is -2.20. The Morgan fingerprint density at radius 2 is 1.48 bits per heavy atom. The predicted molar refractivity (Wildman–Crippen MR) is 95.2 cm³/mol. The van der Waals surface area contributed by atoms with Crippen molar-refractivity contribution in [1.29, 1.82) is 0 Å². The molecule has 0 bridgehead atoms. The van der Waals surface area contributed by atoms with E-state index in [9.17, 15) is 0 Å². The molecule has 2 aliphatic carbocycles. The highest BCUT2D eigenvalue weighted by Crippen LogP contribution is 2.79. The standard InChI is InChI=1S/C19H18Br2/c20-19(21)17-16(14-8-3-1-4-9-14)12-7-13-18(17,19)15-10-5-2-6-11-15/h1-6,8-11,16-17H,7,12-13H2/t16-,17-,18-/m0/s1. The van der Waals surface area contributed by atoms with Crippen LogP contribution in [0.4, 0.5) is 0 Å². The first-order chi connectivity index (χ1) is 10.2. The minimum absolute atomic E-state index is 0.0470. The average molecular weight is 406 g/mol. The molecule has 21 heavy (non-hydrogen) atoms. The van der Waals surface area contributed by atoms with E-state index in [1.165, 1.54) is 30.4 Å². The minimum Gasteiger partial charge on any atom is -0.0714 e. The van der Waals surface area contributed by atoms with E-state index in [0.717, 1.165) is 0 Å². The van der Waals surface area contributed by atoms with Gasteiger partial charge in [0.1, 0.15) is 0 Å². The molecular formula is C19H18Br2. The van der Waals surface area contributed by atoms with Gasteiger partial charge in [-0.2, -0.15) is 0 Å². The molecule has 0 aromatic heterocycles. The summed E-state index contributed by atoms with van der Waals surface area (Å²) in [6.07, 6.45) is 3.85. The summed E-state index contributed by atoms with van der Waals surface area (Å²) in [5.41, 5.74) is 3.21. The Labute approximate surface area is 143 Å². The van der Waals surface area contributed by atoms with Crippen molar-refractivity contribution in [2.45, 2.75) is 33.8 Å². The molecule has 2 heteroatoms. The molecule has 4 rings (SSSR count). The molecular weight excluding hydrogens is 388 g/mol. The summed E-state index contributed by atoms with van der Waals surface area (Å²) in [6.45, 7) is 0. The first-order valence-corrected chi connectivity index (χ1v) is 9.25. The van der Waals surface area contributed by atoms with Crippen LogP contribution >= 0.6 is 31.9 Å². The molecule has 2 aliphatic rings. The van der Waals surface area contributed by atoms with E-state index in [1.807, 2.05) is 0 Å². The average Bonchev–Trinajstić information content (AvgIpc) is 3.07. The molecule has 2 saturated carbocycles. The second-order valence-electron chi connectivity index (χ2n) is 6.35. The summed E-state index contributed by atoms with van der Waals surface area (Å²) < 4.78 is 0.0470. The first kappa shape index (κ1) is 14.0. The van der Waals surface area contributed by atoms with Crippen LogP contribution in [0.2, 0.25) is 0 Å². The summed E-state index contributed by atoms with van der Waals surface area (Å²) in [4.78, 5) is 0. The first-order valence-electron chi connectivity index (χ1n) is 7.66. The number of alkyl halides is 2. The summed E-state index contributed by atoms with van der Waals surface area (Å²) in [5.74, 6) is 1.27. The van der Waals surface area contributed by atoms with E-state index in [-0.39, 0.29) is 8.65 Å². The third-order valence-electron chi connectivity index (χ3n) is 5.44. The molecule has 0 amide bonds. The topological polar surface area (TPSA) is 0 Å². The van der Waals surface area contributed by atoms with E-state index in [4.69, 9.17) is 0 Å². The molecule has 2 fully saturated rings. The predicted octanol–water partition coefficient (Wildman–Crippen LogP) is 6.01. The normalized spacial score (nSPS) is 33.2. The molecule has 0 aliphatic heterocycles. The Morgan fingerprint density at radius 1 is 0.857 bits per heavy atom. The van der Waals surface area contributed by atoms with Crippen LogP contribution in [0.25, 0.3) is 0 Å². The zero-order valence-corrected chi connectivity index (χ0v) is 15.0. The SMILES string of the molecule is BrC1(Br)[C@H]2[C@H](c3ccccc3)CCC[C@]21c1ccccc1. The molecule has 0 saturated heterocycles. The molecule has 0 spiro atoms. The summed E-state index contributed by atoms with van der Waals surface area (Å²) in [7, 11) is 0. The van der Waals surface area contributed by atoms with Crippen molar-refractivity contribution in [3.05, 3.63) is 71.8 Å². The summed E-state index contributed by atoms with van der Waals surface area (Å²) >= 11 is 8.06. The van der Waals surface area contributed by atoms with Crippen LogP contribution < -0.4 is 0 Å². The molecule has 108 valence electrons. The minimum atomic E-state index is 0.0470. The Bertz CT molecular complexity index is 635. The Morgan fingerprint density at radius 3 is 2.14 bits per heavy atom. The van der Waals surface area contributed by atoms with Crippen molar-refractivity contribution >= 4 is 31.9 Å². The maximum Gasteiger partial charge on any atom is 0.0948 e. The Kier molecular flexibility index (Phi) is 3.31. The smallest absolute Gasteiger partial charge is 0.0714 e. The van der Waals surface area contributed by atoms with Gasteiger partial charge in [-0.15, -0.1) is 0 Å². The lowest BCUT2D eigenvalue weighted by atomic mass is 9.75. The monoisotopic (exact) mass is 404 g/mol. The van der Waals surface area contributed by atoms with E-state index in [0.29, 0.717) is 11.8 Å². The van der Waals surface area contributed by atoms with E-state index < -0.39 is 0 Å². The van der Waals surface area contributed by atoms with Crippen LogP contribution in [-0.2, 0) is 5.41 Å². The van der Waals surface area contributed by atoms with Crippen LogP contribution in [0.15, 0.2) is 60.7 Å². The second kappa shape index (κ2) is 4.96. The third-order valence-corrected chi connectivity index (χ3v) is 7.84. The Hall–Kier alpha value is -0.600. The fraction of sp³-hybridized carbons (Fsp3) is 0.368. The van der Waals surface area contributed by atoms with Gasteiger partial charge in [0.15, 0.2) is 0 Å². The van der Waals surface area contributed by atoms with Crippen molar-refractivity contribution in [3.8, 4) is 0 Å². The fourth-order valence-electron chi connectivity index (χ4n) is 4.48. The van der Waals surface area contributed by atoms with Crippen LogP contribution in [0, 0.1) is 5.92 Å². The quantitative estimate of drug-likeness (QED) is 0.536. The maximum absolute atomic E-state index is 4.03. The van der Waals surface area contributed by atoms with E-state index in [2.05, 4.69) is 92.5 Å². The van der Waals surface area contributed by atoms with Crippen LogP contribution in [-0.4, -0.2) is 3.23 Å². The Balaban J connectivity index is 1.77. The van der Waals surface area contributed by atoms with Gasteiger partial charge >= 0.3 is 0 Å². The molecule has 3 atom stereocenters. The van der Waals surface area contributed by atoms with E-state index in [1.54, 1.807) is 0 Å². The number of rotatable bonds is 2. The van der Waals surface area contributed by atoms with Crippen LogP contribution in [0.3, 0.4) is 0 Å². The van der Waals surface area contributed by atoms with Crippen molar-refractivity contribution in [2.75, 3.05) is 0 Å². The zero-order valence-electron chi connectivity index (χ0n) is 11.8. The van der Waals surface area contributed by atoms with Gasteiger partial charge in [0.05, 0.1) is 3.23 Å². The van der Waals surface area contributed by atoms with Crippen LogP contribution in [0.1, 0.15) is 36.3 Å². The van der Waals surface area contributed by atoms with Crippen molar-refractivity contribution in [2.24, 2.45) is 5.92 Å². The molecule has 0 heterocycles. The zero-order chi connectivity index (χ0) is 14.5. The molecule has 2 aromatic rings. The fourth-order valence-corrected chi connectivity index (χ4v) is 7.02. The van der Waals surface area contributed by atoms with Crippen LogP contribution in [0.5, 0.6) is 0 Å². The second-order valence-corrected chi connectivity index (χ2v) is 9.91. The number of halogens is 2. The highest BCUT2D eigenvalue weighted by Gasteiger charge is 2.77. The highest BCUT2D eigenvalue weighted by atomic mass is 79.9. The summed E-state index contributed by atoms with van der Waals surface area (Å²) in [5, 5.41) is 0. The van der Waals surface area contributed by atoms with Gasteiger partial charge in [0, 0.05) is 11.3 Å². The lowest BCUT2D eigenvalue weighted by molar-refractivity contribution is 0.381. The number of hydrogen-bond donors (Lipinski definition) is 0. The van der Waals surface area contributed by atoms with E-state index >= 15 is 0 Å². The summed E-state index contributed by atoms with van der Waals surface area (Å²) in [6, 6.07) is 22.1. The van der Waals surface area contributed by atoms with Gasteiger partial charge in [-0.25, -0.2) is 0 Å². The van der Waals surface area contributed by atoms with Crippen molar-refractivity contribution in [1.82, 2.24) is 0 Å². The molecule has 0 nitrogen and oxygen atoms in total. The van der Waals surface area contributed by atoms with Crippen molar-refractivity contribution in [3.63, 3.8) is 0 Å². The maximum atomic E-state index is 4.03. The van der Waals surface area contributed by atoms with Crippen molar-refractivity contribution < 1.29 is 0 Å². The molecule has 0 unspecified atom stereocenters. The molecule has 0 N–H and O–H groups in total. The van der Waals surface area contributed by atoms with Gasteiger partial charge in [-0.3, -0.25) is 0 Å². The molecule has 2 aromatic carbocycles. The van der Waals surface area contributed by atoms with Gasteiger partial charge in [0.25, 0.3) is 0 Å². The lowest BCUT2D eigenvalue weighted by Gasteiger charge is -2.28. The van der Waals surface area contributed by atoms with Gasteiger partial charge < -0.3 is 0 Å². The third kappa shape index (κ3) is 1.91. The van der Waals surface area contributed by atoms with Gasteiger partial charge in [-0.1, -0.05) is 98.9 Å². The number of benzene rings is 2. The largest absolute Gasteiger partial charge is 0.0948 e. The van der Waals surface area contributed by atoms with Gasteiger partial charge in [-0.05, 0) is 29.9 Å². The van der Waals surface area contributed by atoms with Gasteiger partial charge in [0.2, 0.25) is 0 Å². The number of fused-ring (bicyclic) bond motifs is 1. The number of hydrogen-bond acceptors (Lipinski definition) is 0. The highest BCUT2D eigenvalue weighted by molar-refractivity contribution is 9.25.